The van der Waals surface area contributed by atoms with Crippen molar-refractivity contribution < 1.29 is 39.0 Å². The van der Waals surface area contributed by atoms with Crippen molar-refractivity contribution in [1.82, 2.24) is 21.0 Å². The lowest BCUT2D eigenvalue weighted by Crippen LogP contribution is -2.29. The Kier molecular flexibility index (Phi) is 27.4. The number of nitrogens with zero attached hydrogens (tertiary/aromatic N) is 1. The van der Waals surface area contributed by atoms with Crippen molar-refractivity contribution >= 4 is 52.8 Å². The molecular formula is C31H58N4O8S2. The Morgan fingerprint density at radius 3 is 1.93 bits per heavy atom. The molecule has 3 amide bonds. The Morgan fingerprint density at radius 2 is 1.38 bits per heavy atom. The van der Waals surface area contributed by atoms with E-state index < -0.39 is 6.10 Å². The largest absolute Gasteiger partial charge is 0.394 e. The Morgan fingerprint density at radius 1 is 0.800 bits per heavy atom. The smallest absolute Gasteiger partial charge is 0.229 e. The molecule has 0 bridgehead atoms. The van der Waals surface area contributed by atoms with Gasteiger partial charge in [-0.25, -0.2) is 0 Å². The van der Waals surface area contributed by atoms with Gasteiger partial charge < -0.3 is 26.2 Å². The maximum atomic E-state index is 13.0. The van der Waals surface area contributed by atoms with Gasteiger partial charge in [0, 0.05) is 64.2 Å². The minimum Gasteiger partial charge on any atom is -0.394 e. The molecule has 0 rings (SSSR count). The van der Waals surface area contributed by atoms with E-state index in [4.69, 9.17) is 9.94 Å². The summed E-state index contributed by atoms with van der Waals surface area (Å²) in [6.07, 6.45) is 5.61. The lowest BCUT2D eigenvalue weighted by molar-refractivity contribution is -0.129. The van der Waals surface area contributed by atoms with Crippen LogP contribution in [-0.2, 0) is 28.8 Å². The van der Waals surface area contributed by atoms with E-state index in [0.717, 1.165) is 37.9 Å². The first-order chi connectivity index (χ1) is 21.5. The van der Waals surface area contributed by atoms with Crippen LogP contribution in [0.5, 0.6) is 0 Å². The summed E-state index contributed by atoms with van der Waals surface area (Å²) in [6.45, 7) is 5.12. The van der Waals surface area contributed by atoms with Gasteiger partial charge in [-0.15, -0.1) is 11.8 Å². The van der Waals surface area contributed by atoms with Crippen molar-refractivity contribution in [3.8, 4) is 0 Å². The molecule has 12 nitrogen and oxygen atoms in total. The van der Waals surface area contributed by atoms with Crippen molar-refractivity contribution in [2.24, 2.45) is 11.8 Å². The lowest BCUT2D eigenvalue weighted by atomic mass is 9.85. The van der Waals surface area contributed by atoms with Gasteiger partial charge in [0.1, 0.15) is 11.6 Å². The molecular weight excluding hydrogens is 620 g/mol. The molecule has 0 aliphatic rings. The standard InChI is InChI=1S/C31H58N4O8S2/c1-5-25(11-6-8-14-33-31(42)23-45-21-27(38)20-36)28(39)19-26(24(2)37)12-7-9-15-32-30(41)22-44-18-10-13-29(40)34-16-17-43-35(3)4/h25-27,36,38H,5-23H2,1-4H3,(H,32,41)(H,33,42)(H,34,40). The number of nitrogens with one attached hydrogen (secondary N) is 3. The molecule has 262 valence electrons. The number of carbonyl (C=O) groups is 5. The van der Waals surface area contributed by atoms with Crippen LogP contribution < -0.4 is 16.0 Å². The predicted molar refractivity (Wildman–Crippen MR) is 181 cm³/mol. The normalized spacial score (nSPS) is 13.2. The van der Waals surface area contributed by atoms with Crippen LogP contribution in [0.1, 0.15) is 78.1 Å². The van der Waals surface area contributed by atoms with Crippen LogP contribution in [0.3, 0.4) is 0 Å². The van der Waals surface area contributed by atoms with Crippen molar-refractivity contribution in [2.45, 2.75) is 84.2 Å². The molecule has 0 saturated carbocycles. The summed E-state index contributed by atoms with van der Waals surface area (Å²) < 4.78 is 0. The molecule has 0 aromatic rings. The maximum Gasteiger partial charge on any atom is 0.229 e. The molecule has 3 unspecified atom stereocenters. The average Bonchev–Trinajstić information content (AvgIpc) is 2.99. The number of aliphatic hydroxyl groups excluding tert-OH is 2. The van der Waals surface area contributed by atoms with E-state index in [1.54, 1.807) is 19.2 Å². The molecule has 0 aliphatic heterocycles. The van der Waals surface area contributed by atoms with Crippen LogP contribution in [-0.4, -0.2) is 121 Å². The van der Waals surface area contributed by atoms with Gasteiger partial charge in [0.2, 0.25) is 17.7 Å². The summed E-state index contributed by atoms with van der Waals surface area (Å²) >= 11 is 2.76. The highest BCUT2D eigenvalue weighted by atomic mass is 32.2. The predicted octanol–water partition coefficient (Wildman–Crippen LogP) is 1.96. The first kappa shape index (κ1) is 43.3. The highest BCUT2D eigenvalue weighted by molar-refractivity contribution is 8.00. The number of Topliss-reactive ketones (excluding diaryl/α,β-unsaturated/α-hetero) is 2. The Bertz CT molecular complexity index is 850. The first-order valence-corrected chi connectivity index (χ1v) is 18.4. The molecule has 0 saturated heterocycles. The quantitative estimate of drug-likeness (QED) is 0.0555. The topological polar surface area (TPSA) is 174 Å². The first-order valence-electron chi connectivity index (χ1n) is 16.1. The molecule has 45 heavy (non-hydrogen) atoms. The van der Waals surface area contributed by atoms with Crippen LogP contribution in [0.2, 0.25) is 0 Å². The fraction of sp³-hybridized carbons (Fsp3) is 0.839. The van der Waals surface area contributed by atoms with Crippen molar-refractivity contribution in [2.75, 3.05) is 70.0 Å². The minimum atomic E-state index is -0.819. The van der Waals surface area contributed by atoms with E-state index in [0.29, 0.717) is 63.4 Å². The third-order valence-electron chi connectivity index (χ3n) is 7.03. The number of ketones is 2. The van der Waals surface area contributed by atoms with Crippen molar-refractivity contribution in [1.29, 1.82) is 0 Å². The third-order valence-corrected chi connectivity index (χ3v) is 9.16. The maximum absolute atomic E-state index is 13.0. The number of hydroxylamine groups is 2. The van der Waals surface area contributed by atoms with Gasteiger partial charge in [-0.05, 0) is 51.2 Å². The van der Waals surface area contributed by atoms with Gasteiger partial charge in [-0.3, -0.25) is 28.8 Å². The van der Waals surface area contributed by atoms with Crippen LogP contribution >= 0.6 is 23.5 Å². The Hall–Kier alpha value is -1.71. The molecule has 3 atom stereocenters. The van der Waals surface area contributed by atoms with Gasteiger partial charge in [-0.2, -0.15) is 16.8 Å². The monoisotopic (exact) mass is 678 g/mol. The van der Waals surface area contributed by atoms with Crippen molar-refractivity contribution in [3.05, 3.63) is 0 Å². The van der Waals surface area contributed by atoms with Crippen LogP contribution in [0.25, 0.3) is 0 Å². The lowest BCUT2D eigenvalue weighted by Gasteiger charge is -2.18. The number of rotatable bonds is 30. The third kappa shape index (κ3) is 26.1. The molecule has 0 aromatic heterocycles. The van der Waals surface area contributed by atoms with Crippen LogP contribution in [0.4, 0.5) is 0 Å². The van der Waals surface area contributed by atoms with Crippen molar-refractivity contribution in [3.63, 3.8) is 0 Å². The van der Waals surface area contributed by atoms with E-state index in [1.807, 2.05) is 6.92 Å². The molecule has 0 aromatic carbocycles. The van der Waals surface area contributed by atoms with Gasteiger partial charge in [0.05, 0.1) is 30.8 Å². The fourth-order valence-electron chi connectivity index (χ4n) is 4.39. The van der Waals surface area contributed by atoms with Gasteiger partial charge in [-0.1, -0.05) is 19.8 Å². The highest BCUT2D eigenvalue weighted by Gasteiger charge is 2.23. The molecule has 0 fully saturated rings. The van der Waals surface area contributed by atoms with Gasteiger partial charge in [0.25, 0.3) is 0 Å². The molecule has 0 heterocycles. The summed E-state index contributed by atoms with van der Waals surface area (Å²) in [6, 6.07) is 0. The molecule has 0 spiro atoms. The second-order valence-corrected chi connectivity index (χ2v) is 13.4. The summed E-state index contributed by atoms with van der Waals surface area (Å²) in [5.41, 5.74) is 0. The number of aliphatic hydroxyl groups is 2. The second kappa shape index (κ2) is 28.5. The number of hydrogen-bond acceptors (Lipinski definition) is 11. The summed E-state index contributed by atoms with van der Waals surface area (Å²) in [7, 11) is 3.56. The zero-order chi connectivity index (χ0) is 33.9. The number of hydrogen-bond donors (Lipinski definition) is 5. The number of thioether (sulfide) groups is 2. The van der Waals surface area contributed by atoms with E-state index >= 15 is 0 Å². The van der Waals surface area contributed by atoms with Gasteiger partial charge >= 0.3 is 0 Å². The molecule has 0 radical (unpaired) electrons. The average molecular weight is 679 g/mol. The minimum absolute atomic E-state index is 0.0151. The summed E-state index contributed by atoms with van der Waals surface area (Å²) in [4.78, 5) is 66.1. The van der Waals surface area contributed by atoms with E-state index in [1.165, 1.54) is 30.4 Å². The SMILES string of the molecule is CCC(CCCCNC(=O)CSCC(O)CO)C(=O)CC(CCCCNC(=O)CSCCCC(=O)NCCON(C)C)C(C)=O. The van der Waals surface area contributed by atoms with E-state index in [2.05, 4.69) is 16.0 Å². The van der Waals surface area contributed by atoms with Crippen LogP contribution in [0, 0.1) is 11.8 Å². The highest BCUT2D eigenvalue weighted by Crippen LogP contribution is 2.22. The number of unbranched alkanes of at least 4 members (excludes halogenated alkanes) is 2. The molecule has 0 aliphatic carbocycles. The molecule has 5 N–H and O–H groups in total. The Balaban J connectivity index is 4.05. The second-order valence-electron chi connectivity index (χ2n) is 11.3. The summed E-state index contributed by atoms with van der Waals surface area (Å²) in [5, 5.41) is 28.2. The number of amides is 3. The molecule has 14 heteroatoms. The van der Waals surface area contributed by atoms with E-state index in [-0.39, 0.29) is 59.9 Å². The summed E-state index contributed by atoms with van der Waals surface area (Å²) in [5.74, 6) is 1.11. The van der Waals surface area contributed by atoms with Gasteiger partial charge in [0.15, 0.2) is 0 Å². The van der Waals surface area contributed by atoms with E-state index in [9.17, 15) is 29.1 Å². The zero-order valence-corrected chi connectivity index (χ0v) is 29.4. The fourth-order valence-corrected chi connectivity index (χ4v) is 5.95. The zero-order valence-electron chi connectivity index (χ0n) is 27.8. The number of carbonyl (C=O) groups excluding carboxylic acids is 5. The Labute approximate surface area is 278 Å². The van der Waals surface area contributed by atoms with Crippen LogP contribution in [0.15, 0.2) is 0 Å².